The fourth-order valence-electron chi connectivity index (χ4n) is 2.15. The van der Waals surface area contributed by atoms with E-state index in [2.05, 4.69) is 37.1 Å². The molecular weight excluding hydrogens is 234 g/mol. The Morgan fingerprint density at radius 1 is 1.26 bits per heavy atom. The van der Waals surface area contributed by atoms with Crippen LogP contribution in [0.2, 0.25) is 0 Å². The van der Waals surface area contributed by atoms with Gasteiger partial charge in [-0.1, -0.05) is 19.9 Å². The minimum absolute atomic E-state index is 0.739. The minimum atomic E-state index is 0.739. The van der Waals surface area contributed by atoms with Gasteiger partial charge in [0.2, 0.25) is 0 Å². The van der Waals surface area contributed by atoms with Crippen molar-refractivity contribution >= 4 is 0 Å². The molecule has 1 rings (SSSR count). The second-order valence-electron chi connectivity index (χ2n) is 4.81. The Morgan fingerprint density at radius 2 is 2.00 bits per heavy atom. The maximum atomic E-state index is 8.83. The lowest BCUT2D eigenvalue weighted by molar-refractivity contribution is 0.298. The van der Waals surface area contributed by atoms with E-state index < -0.39 is 0 Å². The predicted octanol–water partition coefficient (Wildman–Crippen LogP) is 2.69. The van der Waals surface area contributed by atoms with Crippen LogP contribution in [0.4, 0.5) is 0 Å². The van der Waals surface area contributed by atoms with Gasteiger partial charge in [0.25, 0.3) is 0 Å². The van der Waals surface area contributed by atoms with Gasteiger partial charge in [-0.3, -0.25) is 0 Å². The Hall–Kier alpha value is -1.37. The number of hydrogen-bond donors (Lipinski definition) is 1. The molecule has 0 heterocycles. The zero-order valence-corrected chi connectivity index (χ0v) is 12.4. The van der Waals surface area contributed by atoms with Crippen molar-refractivity contribution < 1.29 is 0 Å². The van der Waals surface area contributed by atoms with Crippen molar-refractivity contribution in [2.45, 2.75) is 33.7 Å². The second-order valence-corrected chi connectivity index (χ2v) is 4.81. The summed E-state index contributed by atoms with van der Waals surface area (Å²) in [5.41, 5.74) is 3.21. The Kier molecular flexibility index (Phi) is 7.17. The van der Waals surface area contributed by atoms with Gasteiger partial charge >= 0.3 is 0 Å². The first kappa shape index (κ1) is 15.7. The molecule has 0 bridgehead atoms. The van der Waals surface area contributed by atoms with Crippen LogP contribution >= 0.6 is 0 Å². The maximum absolute atomic E-state index is 8.83. The van der Waals surface area contributed by atoms with Crippen LogP contribution in [0.1, 0.15) is 37.0 Å². The minimum Gasteiger partial charge on any atom is -0.313 e. The third-order valence-corrected chi connectivity index (χ3v) is 3.51. The van der Waals surface area contributed by atoms with Crippen LogP contribution in [0.5, 0.6) is 0 Å². The topological polar surface area (TPSA) is 39.1 Å². The summed E-state index contributed by atoms with van der Waals surface area (Å²) in [5, 5.41) is 12.3. The van der Waals surface area contributed by atoms with Crippen LogP contribution in [0.15, 0.2) is 18.2 Å². The van der Waals surface area contributed by atoms with Crippen molar-refractivity contribution in [2.75, 3.05) is 26.2 Å². The van der Waals surface area contributed by atoms with Crippen LogP contribution in [0, 0.1) is 18.3 Å². The number of aryl methyl sites for hydroxylation is 1. The summed E-state index contributed by atoms with van der Waals surface area (Å²) in [6, 6.07) is 8.06. The zero-order valence-electron chi connectivity index (χ0n) is 12.4. The summed E-state index contributed by atoms with van der Waals surface area (Å²) in [5.74, 6) is 0. The smallest absolute Gasteiger partial charge is 0.0991 e. The molecule has 0 aliphatic rings. The van der Waals surface area contributed by atoms with Crippen LogP contribution in [-0.4, -0.2) is 31.1 Å². The summed E-state index contributed by atoms with van der Waals surface area (Å²) in [6.45, 7) is 11.8. The van der Waals surface area contributed by atoms with Gasteiger partial charge < -0.3 is 10.2 Å². The average Bonchev–Trinajstić information content (AvgIpc) is 2.44. The highest BCUT2D eigenvalue weighted by Gasteiger charge is 2.01. The highest BCUT2D eigenvalue weighted by Crippen LogP contribution is 2.10. The fraction of sp³-hybridized carbons (Fsp3) is 0.562. The van der Waals surface area contributed by atoms with Crippen LogP contribution in [0.25, 0.3) is 0 Å². The molecular formula is C16H25N3. The first-order valence-corrected chi connectivity index (χ1v) is 7.14. The van der Waals surface area contributed by atoms with Crippen LogP contribution in [0.3, 0.4) is 0 Å². The maximum Gasteiger partial charge on any atom is 0.0991 e. The molecule has 0 saturated carbocycles. The molecule has 0 fully saturated rings. The molecule has 104 valence electrons. The van der Waals surface area contributed by atoms with Crippen molar-refractivity contribution in [2.24, 2.45) is 0 Å². The molecule has 0 unspecified atom stereocenters. The SMILES string of the molecule is CCN(CC)CCCNCc1ccc(C#N)cc1C. The number of nitriles is 1. The van der Waals surface area contributed by atoms with Gasteiger partial charge in [0.1, 0.15) is 0 Å². The lowest BCUT2D eigenvalue weighted by Crippen LogP contribution is -2.27. The van der Waals surface area contributed by atoms with Gasteiger partial charge in [0, 0.05) is 6.54 Å². The van der Waals surface area contributed by atoms with Crippen molar-refractivity contribution in [3.63, 3.8) is 0 Å². The van der Waals surface area contributed by atoms with E-state index in [0.717, 1.165) is 38.3 Å². The van der Waals surface area contributed by atoms with Crippen molar-refractivity contribution in [3.05, 3.63) is 34.9 Å². The molecule has 1 aromatic rings. The second kappa shape index (κ2) is 8.68. The van der Waals surface area contributed by atoms with Gasteiger partial charge in [0.15, 0.2) is 0 Å². The molecule has 1 N–H and O–H groups in total. The Balaban J connectivity index is 2.28. The molecule has 0 saturated heterocycles. The Bertz CT molecular complexity index is 416. The molecule has 0 aliphatic heterocycles. The van der Waals surface area contributed by atoms with Crippen LogP contribution in [-0.2, 0) is 6.54 Å². The van der Waals surface area contributed by atoms with E-state index in [-0.39, 0.29) is 0 Å². The van der Waals surface area contributed by atoms with Crippen LogP contribution < -0.4 is 5.32 Å². The lowest BCUT2D eigenvalue weighted by Gasteiger charge is -2.17. The van der Waals surface area contributed by atoms with Crippen molar-refractivity contribution in [1.82, 2.24) is 10.2 Å². The van der Waals surface area contributed by atoms with E-state index in [1.807, 2.05) is 18.2 Å². The predicted molar refractivity (Wildman–Crippen MR) is 80.0 cm³/mol. The molecule has 0 atom stereocenters. The molecule has 3 heteroatoms. The lowest BCUT2D eigenvalue weighted by atomic mass is 10.1. The molecule has 1 aromatic carbocycles. The first-order valence-electron chi connectivity index (χ1n) is 7.14. The summed E-state index contributed by atoms with van der Waals surface area (Å²) < 4.78 is 0. The number of nitrogens with one attached hydrogen (secondary N) is 1. The number of nitrogens with zero attached hydrogens (tertiary/aromatic N) is 2. The quantitative estimate of drug-likeness (QED) is 0.730. The summed E-state index contributed by atoms with van der Waals surface area (Å²) in [4.78, 5) is 2.44. The monoisotopic (exact) mass is 259 g/mol. The van der Waals surface area contributed by atoms with E-state index in [1.165, 1.54) is 17.5 Å². The normalized spacial score (nSPS) is 10.7. The first-order chi connectivity index (χ1) is 9.21. The van der Waals surface area contributed by atoms with Gasteiger partial charge in [-0.05, 0) is 62.8 Å². The zero-order chi connectivity index (χ0) is 14.1. The average molecular weight is 259 g/mol. The van der Waals surface area contributed by atoms with Gasteiger partial charge in [-0.25, -0.2) is 0 Å². The number of hydrogen-bond acceptors (Lipinski definition) is 3. The van der Waals surface area contributed by atoms with E-state index in [0.29, 0.717) is 0 Å². The van der Waals surface area contributed by atoms with E-state index >= 15 is 0 Å². The number of benzene rings is 1. The molecule has 0 radical (unpaired) electrons. The molecule has 0 aliphatic carbocycles. The van der Waals surface area contributed by atoms with Gasteiger partial charge in [-0.15, -0.1) is 0 Å². The molecule has 0 amide bonds. The highest BCUT2D eigenvalue weighted by atomic mass is 15.1. The van der Waals surface area contributed by atoms with Crippen molar-refractivity contribution in [1.29, 1.82) is 5.26 Å². The van der Waals surface area contributed by atoms with E-state index in [1.54, 1.807) is 0 Å². The molecule has 0 aromatic heterocycles. The largest absolute Gasteiger partial charge is 0.313 e. The summed E-state index contributed by atoms with van der Waals surface area (Å²) in [6.07, 6.45) is 1.18. The fourth-order valence-corrected chi connectivity index (χ4v) is 2.15. The molecule has 19 heavy (non-hydrogen) atoms. The Labute approximate surface area is 117 Å². The van der Waals surface area contributed by atoms with E-state index in [4.69, 9.17) is 5.26 Å². The molecule has 3 nitrogen and oxygen atoms in total. The van der Waals surface area contributed by atoms with Gasteiger partial charge in [0.05, 0.1) is 11.6 Å². The number of rotatable bonds is 8. The standard InChI is InChI=1S/C16H25N3/c1-4-19(5-2)10-6-9-18-13-16-8-7-15(12-17)11-14(16)3/h7-8,11,18H,4-6,9-10,13H2,1-3H3. The van der Waals surface area contributed by atoms with Gasteiger partial charge in [-0.2, -0.15) is 5.26 Å². The van der Waals surface area contributed by atoms with E-state index in [9.17, 15) is 0 Å². The van der Waals surface area contributed by atoms with Crippen molar-refractivity contribution in [3.8, 4) is 6.07 Å². The molecule has 0 spiro atoms. The third kappa shape index (κ3) is 5.42. The highest BCUT2D eigenvalue weighted by molar-refractivity contribution is 5.37. The third-order valence-electron chi connectivity index (χ3n) is 3.51. The summed E-state index contributed by atoms with van der Waals surface area (Å²) >= 11 is 0. The Morgan fingerprint density at radius 3 is 2.58 bits per heavy atom. The summed E-state index contributed by atoms with van der Waals surface area (Å²) in [7, 11) is 0.